The molecule has 2 aromatic carbocycles. The molecule has 0 bridgehead atoms. The van der Waals surface area contributed by atoms with E-state index in [2.05, 4.69) is 5.16 Å². The van der Waals surface area contributed by atoms with Crippen LogP contribution >= 0.6 is 0 Å². The third-order valence-electron chi connectivity index (χ3n) is 5.55. The van der Waals surface area contributed by atoms with E-state index in [9.17, 15) is 10.2 Å². The van der Waals surface area contributed by atoms with Crippen molar-refractivity contribution in [2.24, 2.45) is 0 Å². The Morgan fingerprint density at radius 2 is 1.77 bits per heavy atom. The molecule has 4 rings (SSSR count). The SMILES string of the molecule is Cc1c(C)c2c(c(C)c1O)C=CC(C)(COCc1cc(-c3ccc(O)cc3)no1)O2. The lowest BCUT2D eigenvalue weighted by Crippen LogP contribution is -2.37. The van der Waals surface area contributed by atoms with Crippen LogP contribution in [0.2, 0.25) is 0 Å². The van der Waals surface area contributed by atoms with E-state index in [0.29, 0.717) is 23.8 Å². The van der Waals surface area contributed by atoms with Gasteiger partial charge in [-0.3, -0.25) is 0 Å². The maximum atomic E-state index is 10.3. The summed E-state index contributed by atoms with van der Waals surface area (Å²) in [7, 11) is 0. The van der Waals surface area contributed by atoms with Crippen LogP contribution < -0.4 is 4.74 Å². The normalized spacial score (nSPS) is 17.6. The van der Waals surface area contributed by atoms with Crippen molar-refractivity contribution in [1.82, 2.24) is 5.16 Å². The van der Waals surface area contributed by atoms with E-state index in [4.69, 9.17) is 14.0 Å². The predicted octanol–water partition coefficient (Wildman–Crippen LogP) is 5.06. The molecule has 1 aromatic heterocycles. The Labute approximate surface area is 175 Å². The summed E-state index contributed by atoms with van der Waals surface area (Å²) in [4.78, 5) is 0. The van der Waals surface area contributed by atoms with Crippen LogP contribution in [0.25, 0.3) is 17.3 Å². The molecule has 30 heavy (non-hydrogen) atoms. The smallest absolute Gasteiger partial charge is 0.163 e. The summed E-state index contributed by atoms with van der Waals surface area (Å²) in [5, 5.41) is 23.8. The maximum absolute atomic E-state index is 10.3. The Balaban J connectivity index is 1.43. The van der Waals surface area contributed by atoms with Crippen LogP contribution in [0.5, 0.6) is 17.2 Å². The van der Waals surface area contributed by atoms with E-state index < -0.39 is 5.60 Å². The highest BCUT2D eigenvalue weighted by atomic mass is 16.6. The standard InChI is InChI=1S/C24H25NO5/c1-14-15(2)23-20(16(3)22(14)27)9-10-24(4,29-23)13-28-12-19-11-21(25-30-19)17-5-7-18(26)8-6-17/h5-11,26-27H,12-13H2,1-4H3. The van der Waals surface area contributed by atoms with Crippen LogP contribution in [-0.4, -0.2) is 27.6 Å². The van der Waals surface area contributed by atoms with Gasteiger partial charge in [-0.1, -0.05) is 11.2 Å². The van der Waals surface area contributed by atoms with Gasteiger partial charge in [0.1, 0.15) is 35.2 Å². The van der Waals surface area contributed by atoms with Gasteiger partial charge in [-0.15, -0.1) is 0 Å². The summed E-state index contributed by atoms with van der Waals surface area (Å²) in [6.45, 7) is 8.29. The highest BCUT2D eigenvalue weighted by Gasteiger charge is 2.31. The molecule has 0 saturated heterocycles. The summed E-state index contributed by atoms with van der Waals surface area (Å²) in [6.07, 6.45) is 3.94. The van der Waals surface area contributed by atoms with E-state index in [1.54, 1.807) is 24.3 Å². The van der Waals surface area contributed by atoms with Gasteiger partial charge in [0.15, 0.2) is 5.76 Å². The first kappa shape index (κ1) is 20.0. The maximum Gasteiger partial charge on any atom is 0.163 e. The van der Waals surface area contributed by atoms with Crippen LogP contribution in [0.4, 0.5) is 0 Å². The number of rotatable bonds is 5. The lowest BCUT2D eigenvalue weighted by Gasteiger charge is -2.33. The molecule has 2 heterocycles. The molecule has 0 radical (unpaired) electrons. The first-order valence-corrected chi connectivity index (χ1v) is 9.81. The molecule has 6 nitrogen and oxygen atoms in total. The van der Waals surface area contributed by atoms with Gasteiger partial charge in [-0.2, -0.15) is 0 Å². The number of phenols is 2. The molecule has 1 aliphatic heterocycles. The average Bonchev–Trinajstić information content (AvgIpc) is 3.20. The number of benzene rings is 2. The van der Waals surface area contributed by atoms with Crippen LogP contribution in [-0.2, 0) is 11.3 Å². The number of aromatic nitrogens is 1. The van der Waals surface area contributed by atoms with Crippen LogP contribution in [0.1, 0.15) is 34.9 Å². The van der Waals surface area contributed by atoms with Crippen LogP contribution in [0, 0.1) is 20.8 Å². The molecule has 0 saturated carbocycles. The van der Waals surface area contributed by atoms with Crippen molar-refractivity contribution in [3.8, 4) is 28.5 Å². The van der Waals surface area contributed by atoms with E-state index in [1.165, 1.54) is 0 Å². The summed E-state index contributed by atoms with van der Waals surface area (Å²) in [6, 6.07) is 8.59. The van der Waals surface area contributed by atoms with E-state index in [-0.39, 0.29) is 12.4 Å². The molecule has 0 fully saturated rings. The molecule has 0 aliphatic carbocycles. The molecule has 3 aromatic rings. The number of phenolic OH excluding ortho intramolecular Hbond substituents is 2. The Morgan fingerprint density at radius 1 is 1.03 bits per heavy atom. The molecule has 1 aliphatic rings. The molecule has 0 amide bonds. The molecule has 2 N–H and O–H groups in total. The van der Waals surface area contributed by atoms with Crippen molar-refractivity contribution in [3.05, 3.63) is 64.4 Å². The molecule has 6 heteroatoms. The second-order valence-corrected chi connectivity index (χ2v) is 7.93. The van der Waals surface area contributed by atoms with Crippen molar-refractivity contribution in [2.45, 2.75) is 39.9 Å². The lowest BCUT2D eigenvalue weighted by atomic mass is 9.93. The van der Waals surface area contributed by atoms with Crippen molar-refractivity contribution >= 4 is 6.08 Å². The fraction of sp³-hybridized carbons (Fsp3) is 0.292. The fourth-order valence-electron chi connectivity index (χ4n) is 3.57. The number of fused-ring (bicyclic) bond motifs is 1. The molecule has 156 valence electrons. The van der Waals surface area contributed by atoms with Crippen molar-refractivity contribution in [1.29, 1.82) is 0 Å². The van der Waals surface area contributed by atoms with Gasteiger partial charge in [0.2, 0.25) is 0 Å². The molecule has 1 unspecified atom stereocenters. The summed E-state index contributed by atoms with van der Waals surface area (Å²) >= 11 is 0. The number of hydrogen-bond acceptors (Lipinski definition) is 6. The number of nitrogens with zero attached hydrogens (tertiary/aromatic N) is 1. The summed E-state index contributed by atoms with van der Waals surface area (Å²) in [5.74, 6) is 1.91. The van der Waals surface area contributed by atoms with Gasteiger partial charge < -0.3 is 24.2 Å². The second-order valence-electron chi connectivity index (χ2n) is 7.93. The highest BCUT2D eigenvalue weighted by molar-refractivity contribution is 5.71. The first-order valence-electron chi connectivity index (χ1n) is 9.81. The van der Waals surface area contributed by atoms with Gasteiger partial charge in [0.25, 0.3) is 0 Å². The molecule has 0 spiro atoms. The van der Waals surface area contributed by atoms with Crippen molar-refractivity contribution in [2.75, 3.05) is 6.61 Å². The van der Waals surface area contributed by atoms with Gasteiger partial charge in [-0.05, 0) is 69.2 Å². The predicted molar refractivity (Wildman–Crippen MR) is 114 cm³/mol. The third kappa shape index (κ3) is 3.66. The van der Waals surface area contributed by atoms with Crippen LogP contribution in [0.15, 0.2) is 40.9 Å². The third-order valence-corrected chi connectivity index (χ3v) is 5.55. The first-order chi connectivity index (χ1) is 14.3. The Bertz CT molecular complexity index is 1110. The topological polar surface area (TPSA) is 85.0 Å². The minimum atomic E-state index is -0.632. The zero-order valence-electron chi connectivity index (χ0n) is 17.5. The Kier molecular flexibility index (Phi) is 5.03. The van der Waals surface area contributed by atoms with E-state index in [1.807, 2.05) is 45.9 Å². The average molecular weight is 407 g/mol. The monoisotopic (exact) mass is 407 g/mol. The number of aromatic hydroxyl groups is 2. The van der Waals surface area contributed by atoms with Gasteiger partial charge in [-0.25, -0.2) is 0 Å². The summed E-state index contributed by atoms with van der Waals surface area (Å²) < 4.78 is 17.5. The minimum absolute atomic E-state index is 0.206. The lowest BCUT2D eigenvalue weighted by molar-refractivity contribution is -0.000621. The Hall–Kier alpha value is -3.25. The van der Waals surface area contributed by atoms with Gasteiger partial charge in [0.05, 0.1) is 6.61 Å². The van der Waals surface area contributed by atoms with Crippen LogP contribution in [0.3, 0.4) is 0 Å². The van der Waals surface area contributed by atoms with Crippen molar-refractivity contribution in [3.63, 3.8) is 0 Å². The second kappa shape index (κ2) is 7.54. The van der Waals surface area contributed by atoms with E-state index in [0.717, 1.165) is 33.6 Å². The van der Waals surface area contributed by atoms with Gasteiger partial charge in [0, 0.05) is 22.8 Å². The zero-order valence-corrected chi connectivity index (χ0v) is 17.5. The Morgan fingerprint density at radius 3 is 2.50 bits per heavy atom. The molecular formula is C24H25NO5. The molecule has 1 atom stereocenters. The number of ether oxygens (including phenoxy) is 2. The quantitative estimate of drug-likeness (QED) is 0.615. The zero-order chi connectivity index (χ0) is 21.5. The van der Waals surface area contributed by atoms with E-state index >= 15 is 0 Å². The van der Waals surface area contributed by atoms with Crippen molar-refractivity contribution < 1.29 is 24.2 Å². The summed E-state index contributed by atoms with van der Waals surface area (Å²) in [5.41, 5.74) is 4.38. The molecular weight excluding hydrogens is 382 g/mol. The highest BCUT2D eigenvalue weighted by Crippen LogP contribution is 2.42. The fourth-order valence-corrected chi connectivity index (χ4v) is 3.57. The van der Waals surface area contributed by atoms with Gasteiger partial charge >= 0.3 is 0 Å². The minimum Gasteiger partial charge on any atom is -0.508 e. The largest absolute Gasteiger partial charge is 0.508 e. The number of hydrogen-bond donors (Lipinski definition) is 2.